The molecule has 148 valence electrons. The van der Waals surface area contributed by atoms with Crippen LogP contribution in [-0.2, 0) is 11.2 Å². The minimum absolute atomic E-state index is 0.0537. The summed E-state index contributed by atoms with van der Waals surface area (Å²) in [7, 11) is 1.85. The maximum atomic E-state index is 12.5. The Labute approximate surface area is 163 Å². The molecule has 1 amide bonds. The summed E-state index contributed by atoms with van der Waals surface area (Å²) in [6, 6.07) is 5.88. The minimum Gasteiger partial charge on any atom is -0.357 e. The Morgan fingerprint density at radius 1 is 1.30 bits per heavy atom. The van der Waals surface area contributed by atoms with Crippen LogP contribution in [0, 0.1) is 11.8 Å². The van der Waals surface area contributed by atoms with Crippen molar-refractivity contribution < 1.29 is 4.79 Å². The van der Waals surface area contributed by atoms with Gasteiger partial charge in [0.15, 0.2) is 5.96 Å². The fourth-order valence-electron chi connectivity index (χ4n) is 4.22. The van der Waals surface area contributed by atoms with E-state index < -0.39 is 0 Å². The van der Waals surface area contributed by atoms with Gasteiger partial charge in [-0.15, -0.1) is 0 Å². The number of nitrogens with zero attached hydrogens (tertiary/aromatic N) is 4. The summed E-state index contributed by atoms with van der Waals surface area (Å²) >= 11 is 0. The van der Waals surface area contributed by atoms with Crippen LogP contribution >= 0.6 is 0 Å². The summed E-state index contributed by atoms with van der Waals surface area (Å²) in [4.78, 5) is 25.6. The van der Waals surface area contributed by atoms with E-state index in [0.717, 1.165) is 49.5 Å². The number of carbonyl (C=O) groups is 1. The van der Waals surface area contributed by atoms with Gasteiger partial charge in [-0.25, -0.2) is 4.99 Å². The van der Waals surface area contributed by atoms with Gasteiger partial charge >= 0.3 is 0 Å². The summed E-state index contributed by atoms with van der Waals surface area (Å²) < 4.78 is 0. The predicted octanol–water partition coefficient (Wildman–Crippen LogP) is 2.17. The highest BCUT2D eigenvalue weighted by atomic mass is 16.2. The highest BCUT2D eigenvalue weighted by Gasteiger charge is 2.35. The quantitative estimate of drug-likeness (QED) is 0.615. The number of guanidine groups is 1. The summed E-state index contributed by atoms with van der Waals surface area (Å²) in [5.74, 6) is 2.56. The van der Waals surface area contributed by atoms with Crippen LogP contribution in [0.4, 0.5) is 0 Å². The first-order chi connectivity index (χ1) is 13.2. The first kappa shape index (κ1) is 19.6. The second-order valence-electron chi connectivity index (χ2n) is 7.77. The molecule has 2 unspecified atom stereocenters. The lowest BCUT2D eigenvalue weighted by Gasteiger charge is -2.22. The van der Waals surface area contributed by atoms with E-state index in [9.17, 15) is 4.79 Å². The molecule has 2 heterocycles. The second kappa shape index (κ2) is 9.72. The van der Waals surface area contributed by atoms with Crippen molar-refractivity contribution in [1.29, 1.82) is 0 Å². The number of carbonyl (C=O) groups excluding carboxylic acids is 1. The average molecular weight is 372 g/mol. The molecule has 1 aromatic heterocycles. The number of rotatable bonds is 6. The van der Waals surface area contributed by atoms with Gasteiger partial charge in [0.25, 0.3) is 0 Å². The maximum absolute atomic E-state index is 12.5. The molecule has 2 atom stereocenters. The molecular formula is C21H33N5O. The van der Waals surface area contributed by atoms with Crippen LogP contribution in [0.2, 0.25) is 0 Å². The van der Waals surface area contributed by atoms with E-state index in [1.165, 1.54) is 25.7 Å². The summed E-state index contributed by atoms with van der Waals surface area (Å²) in [6.45, 7) is 5.94. The van der Waals surface area contributed by atoms with Gasteiger partial charge in [-0.1, -0.05) is 18.9 Å². The molecule has 1 aromatic rings. The lowest BCUT2D eigenvalue weighted by molar-refractivity contribution is -0.128. The summed E-state index contributed by atoms with van der Waals surface area (Å²) in [5.41, 5.74) is 1.01. The molecule has 6 heteroatoms. The number of aliphatic imine (C=N–C) groups is 1. The second-order valence-corrected chi connectivity index (χ2v) is 7.77. The third-order valence-electron chi connectivity index (χ3n) is 5.83. The van der Waals surface area contributed by atoms with Gasteiger partial charge in [0.1, 0.15) is 6.54 Å². The predicted molar refractivity (Wildman–Crippen MR) is 109 cm³/mol. The van der Waals surface area contributed by atoms with Crippen LogP contribution in [0.3, 0.4) is 0 Å². The monoisotopic (exact) mass is 371 g/mol. The maximum Gasteiger partial charge on any atom is 0.244 e. The highest BCUT2D eigenvalue weighted by molar-refractivity contribution is 5.85. The van der Waals surface area contributed by atoms with Crippen LogP contribution < -0.4 is 5.32 Å². The molecule has 1 saturated carbocycles. The van der Waals surface area contributed by atoms with E-state index in [-0.39, 0.29) is 12.5 Å². The van der Waals surface area contributed by atoms with Crippen molar-refractivity contribution in [3.8, 4) is 0 Å². The van der Waals surface area contributed by atoms with Crippen molar-refractivity contribution in [2.45, 2.75) is 39.0 Å². The molecule has 6 nitrogen and oxygen atoms in total. The fourth-order valence-corrected chi connectivity index (χ4v) is 4.22. The largest absolute Gasteiger partial charge is 0.357 e. The number of pyridine rings is 1. The van der Waals surface area contributed by atoms with E-state index in [4.69, 9.17) is 0 Å². The van der Waals surface area contributed by atoms with Gasteiger partial charge in [-0.05, 0) is 43.7 Å². The van der Waals surface area contributed by atoms with Gasteiger partial charge in [0.05, 0.1) is 0 Å². The zero-order valence-electron chi connectivity index (χ0n) is 16.7. The van der Waals surface area contributed by atoms with Crippen molar-refractivity contribution >= 4 is 11.9 Å². The first-order valence-electron chi connectivity index (χ1n) is 10.3. The highest BCUT2D eigenvalue weighted by Crippen LogP contribution is 2.35. The minimum atomic E-state index is 0.0537. The lowest BCUT2D eigenvalue weighted by Crippen LogP contribution is -2.41. The molecule has 0 spiro atoms. The van der Waals surface area contributed by atoms with Crippen molar-refractivity contribution in [3.05, 3.63) is 30.1 Å². The number of aromatic nitrogens is 1. The third-order valence-corrected chi connectivity index (χ3v) is 5.83. The van der Waals surface area contributed by atoms with E-state index in [0.29, 0.717) is 6.54 Å². The summed E-state index contributed by atoms with van der Waals surface area (Å²) in [5, 5.41) is 3.38. The molecule has 0 bridgehead atoms. The zero-order valence-corrected chi connectivity index (χ0v) is 16.7. The molecule has 27 heavy (non-hydrogen) atoms. The molecule has 2 aliphatic rings. The van der Waals surface area contributed by atoms with E-state index in [1.54, 1.807) is 11.1 Å². The zero-order chi connectivity index (χ0) is 19.1. The average Bonchev–Trinajstić information content (AvgIpc) is 3.13. The topological polar surface area (TPSA) is 60.8 Å². The molecule has 1 saturated heterocycles. The van der Waals surface area contributed by atoms with Crippen molar-refractivity contribution in [2.75, 3.05) is 39.8 Å². The van der Waals surface area contributed by atoms with Crippen LogP contribution in [-0.4, -0.2) is 66.4 Å². The Morgan fingerprint density at radius 2 is 2.04 bits per heavy atom. The van der Waals surface area contributed by atoms with Crippen LogP contribution in [0.5, 0.6) is 0 Å². The number of hydrogen-bond donors (Lipinski definition) is 1. The normalized spacial score (nSPS) is 22.4. The number of likely N-dealkylation sites (tertiary alicyclic amines) is 1. The van der Waals surface area contributed by atoms with Crippen molar-refractivity contribution in [2.24, 2.45) is 16.8 Å². The van der Waals surface area contributed by atoms with E-state index in [2.05, 4.69) is 27.1 Å². The van der Waals surface area contributed by atoms with Crippen LogP contribution in [0.25, 0.3) is 0 Å². The molecule has 2 fully saturated rings. The van der Waals surface area contributed by atoms with Gasteiger partial charge in [-0.2, -0.15) is 0 Å². The van der Waals surface area contributed by atoms with Gasteiger partial charge in [0, 0.05) is 51.5 Å². The number of hydrogen-bond acceptors (Lipinski definition) is 3. The van der Waals surface area contributed by atoms with Crippen LogP contribution in [0.1, 0.15) is 38.3 Å². The Kier molecular flexibility index (Phi) is 7.07. The third kappa shape index (κ3) is 5.44. The smallest absolute Gasteiger partial charge is 0.244 e. The van der Waals surface area contributed by atoms with Gasteiger partial charge in [0.2, 0.25) is 5.91 Å². The van der Waals surface area contributed by atoms with E-state index >= 15 is 0 Å². The summed E-state index contributed by atoms with van der Waals surface area (Å²) in [6.07, 6.45) is 7.97. The molecule has 0 aromatic carbocycles. The number of amides is 1. The Hall–Kier alpha value is -2.11. The van der Waals surface area contributed by atoms with E-state index in [1.807, 2.05) is 25.2 Å². The lowest BCUT2D eigenvalue weighted by atomic mass is 9.82. The first-order valence-corrected chi connectivity index (χ1v) is 10.3. The molecular weight excluding hydrogens is 338 g/mol. The molecule has 0 radical (unpaired) electrons. The standard InChI is InChI=1S/C21H33N5O/c1-3-22-21(26-15-17-8-4-5-9-18(17)16-26)24-14-20(27)25(2)13-11-19-10-6-7-12-23-19/h6-7,10,12,17-18H,3-5,8-9,11,13-16H2,1-2H3,(H,22,24). The Morgan fingerprint density at radius 3 is 2.67 bits per heavy atom. The van der Waals surface area contributed by atoms with Crippen molar-refractivity contribution in [1.82, 2.24) is 20.1 Å². The Bertz CT molecular complexity index is 619. The van der Waals surface area contributed by atoms with Gasteiger partial charge in [-0.3, -0.25) is 9.78 Å². The van der Waals surface area contributed by atoms with Crippen LogP contribution in [0.15, 0.2) is 29.4 Å². The number of likely N-dealkylation sites (N-methyl/N-ethyl adjacent to an activating group) is 1. The molecule has 1 N–H and O–H groups in total. The number of fused-ring (bicyclic) bond motifs is 1. The molecule has 1 aliphatic heterocycles. The molecule has 1 aliphatic carbocycles. The Balaban J connectivity index is 1.52. The van der Waals surface area contributed by atoms with Gasteiger partial charge < -0.3 is 15.1 Å². The molecule has 3 rings (SSSR count). The van der Waals surface area contributed by atoms with Crippen molar-refractivity contribution in [3.63, 3.8) is 0 Å². The SMILES string of the molecule is CCNC(=NCC(=O)N(C)CCc1ccccn1)N1CC2CCCCC2C1. The number of nitrogens with one attached hydrogen (secondary N) is 1. The fraction of sp³-hybridized carbons (Fsp3) is 0.667.